The van der Waals surface area contributed by atoms with Crippen molar-refractivity contribution in [2.45, 2.75) is 25.7 Å². The molecule has 0 radical (unpaired) electrons. The predicted octanol–water partition coefficient (Wildman–Crippen LogP) is 0.954. The summed E-state index contributed by atoms with van der Waals surface area (Å²) in [7, 11) is 0. The van der Waals surface area contributed by atoms with Gasteiger partial charge in [-0.2, -0.15) is 0 Å². The molecule has 0 spiro atoms. The van der Waals surface area contributed by atoms with E-state index in [2.05, 4.69) is 0 Å². The van der Waals surface area contributed by atoms with Gasteiger partial charge in [0.25, 0.3) is 0 Å². The lowest BCUT2D eigenvalue weighted by Gasteiger charge is -2.09. The van der Waals surface area contributed by atoms with E-state index in [1.54, 1.807) is 0 Å². The largest absolute Gasteiger partial charge is 0.461 e. The Morgan fingerprint density at radius 1 is 1.13 bits per heavy atom. The smallest absolute Gasteiger partial charge is 0.199 e. The lowest BCUT2D eigenvalue weighted by Crippen LogP contribution is -2.42. The molecule has 0 bridgehead atoms. The standard InChI is InChI=1S/C13H12O2/c14-13-9-5-1-3-7-11(9)15-12-8-4-2-6-10(12)13/h1,5-6,8H,2-4,7H2. The Kier molecular flexibility index (Phi) is 1.88. The van der Waals surface area contributed by atoms with Crippen LogP contribution in [0.2, 0.25) is 0 Å². The van der Waals surface area contributed by atoms with Crippen molar-refractivity contribution in [2.24, 2.45) is 0 Å². The highest BCUT2D eigenvalue weighted by molar-refractivity contribution is 5.54. The van der Waals surface area contributed by atoms with Crippen molar-refractivity contribution in [1.82, 2.24) is 0 Å². The van der Waals surface area contributed by atoms with Crippen molar-refractivity contribution < 1.29 is 4.42 Å². The topological polar surface area (TPSA) is 30.2 Å². The molecule has 2 aliphatic rings. The normalized spacial score (nSPS) is 17.3. The molecule has 1 aromatic rings. The van der Waals surface area contributed by atoms with E-state index in [0.29, 0.717) is 0 Å². The third kappa shape index (κ3) is 1.29. The molecule has 2 aliphatic carbocycles. The fourth-order valence-corrected chi connectivity index (χ4v) is 2.18. The van der Waals surface area contributed by atoms with Crippen LogP contribution in [0.25, 0.3) is 18.2 Å². The van der Waals surface area contributed by atoms with Gasteiger partial charge in [0.1, 0.15) is 11.2 Å². The van der Waals surface area contributed by atoms with Gasteiger partial charge in [-0.15, -0.1) is 0 Å². The van der Waals surface area contributed by atoms with E-state index in [9.17, 15) is 4.79 Å². The summed E-state index contributed by atoms with van der Waals surface area (Å²) in [5, 5.41) is 0.756. The van der Waals surface area contributed by atoms with Gasteiger partial charge >= 0.3 is 0 Å². The fourth-order valence-electron chi connectivity index (χ4n) is 2.18. The highest BCUT2D eigenvalue weighted by Crippen LogP contribution is 2.13. The average Bonchev–Trinajstić information content (AvgIpc) is 2.30. The predicted molar refractivity (Wildman–Crippen MR) is 59.7 cm³/mol. The first-order chi connectivity index (χ1) is 7.36. The molecule has 0 atom stereocenters. The number of hydrogen-bond donors (Lipinski definition) is 0. The summed E-state index contributed by atoms with van der Waals surface area (Å²) >= 11 is 0. The maximum absolute atomic E-state index is 12.1. The van der Waals surface area contributed by atoms with Crippen LogP contribution in [-0.2, 0) is 6.42 Å². The van der Waals surface area contributed by atoms with E-state index in [1.165, 1.54) is 0 Å². The maximum Gasteiger partial charge on any atom is 0.199 e. The molecule has 2 nitrogen and oxygen atoms in total. The lowest BCUT2D eigenvalue weighted by atomic mass is 10.0. The lowest BCUT2D eigenvalue weighted by molar-refractivity contribution is 0.451. The molecule has 76 valence electrons. The van der Waals surface area contributed by atoms with Crippen molar-refractivity contribution in [1.29, 1.82) is 0 Å². The summed E-state index contributed by atoms with van der Waals surface area (Å²) < 4.78 is 5.77. The van der Waals surface area contributed by atoms with Gasteiger partial charge in [0.05, 0.1) is 10.8 Å². The Morgan fingerprint density at radius 3 is 2.93 bits per heavy atom. The molecule has 2 heteroatoms. The second kappa shape index (κ2) is 3.23. The summed E-state index contributed by atoms with van der Waals surface area (Å²) in [6.45, 7) is 0. The van der Waals surface area contributed by atoms with Crippen LogP contribution in [0.3, 0.4) is 0 Å². The van der Waals surface area contributed by atoms with Gasteiger partial charge in [-0.25, -0.2) is 0 Å². The monoisotopic (exact) mass is 200 g/mol. The van der Waals surface area contributed by atoms with Crippen LogP contribution in [0.15, 0.2) is 15.3 Å². The highest BCUT2D eigenvalue weighted by atomic mass is 16.3. The van der Waals surface area contributed by atoms with Crippen molar-refractivity contribution in [3.8, 4) is 0 Å². The highest BCUT2D eigenvalue weighted by Gasteiger charge is 2.13. The Hall–Kier alpha value is -1.57. The van der Waals surface area contributed by atoms with Crippen LogP contribution in [-0.4, -0.2) is 0 Å². The van der Waals surface area contributed by atoms with Crippen molar-refractivity contribution in [3.05, 3.63) is 38.3 Å². The zero-order valence-corrected chi connectivity index (χ0v) is 8.45. The summed E-state index contributed by atoms with van der Waals surface area (Å²) in [6, 6.07) is 0. The molecule has 0 aliphatic heterocycles. The Morgan fingerprint density at radius 2 is 2.00 bits per heavy atom. The van der Waals surface area contributed by atoms with Crippen molar-refractivity contribution in [2.75, 3.05) is 0 Å². The van der Waals surface area contributed by atoms with Crippen LogP contribution >= 0.6 is 0 Å². The SMILES string of the molecule is O=c1c2c(oc3c1=CCCC=3)CCC=C2. The van der Waals surface area contributed by atoms with Gasteiger partial charge in [0, 0.05) is 6.42 Å². The molecule has 0 aromatic carbocycles. The summed E-state index contributed by atoms with van der Waals surface area (Å²) in [4.78, 5) is 12.1. The van der Waals surface area contributed by atoms with Crippen LogP contribution in [0.4, 0.5) is 0 Å². The molecule has 3 rings (SSSR count). The van der Waals surface area contributed by atoms with E-state index >= 15 is 0 Å². The Labute approximate surface area is 87.2 Å². The molecular weight excluding hydrogens is 188 g/mol. The molecule has 0 N–H and O–H groups in total. The summed E-state index contributed by atoms with van der Waals surface area (Å²) in [6.07, 6.45) is 11.7. The van der Waals surface area contributed by atoms with E-state index in [-0.39, 0.29) is 5.43 Å². The number of rotatable bonds is 0. The molecule has 0 saturated heterocycles. The number of allylic oxidation sites excluding steroid dienone is 1. The number of fused-ring (bicyclic) bond motifs is 2. The van der Waals surface area contributed by atoms with E-state index < -0.39 is 0 Å². The molecule has 1 heterocycles. The zero-order chi connectivity index (χ0) is 10.3. The molecule has 15 heavy (non-hydrogen) atoms. The zero-order valence-electron chi connectivity index (χ0n) is 8.45. The van der Waals surface area contributed by atoms with Crippen LogP contribution < -0.4 is 16.1 Å². The Bertz CT molecular complexity index is 603. The van der Waals surface area contributed by atoms with Gasteiger partial charge in [0.2, 0.25) is 0 Å². The molecule has 0 amide bonds. The van der Waals surface area contributed by atoms with Gasteiger partial charge in [-0.1, -0.05) is 18.2 Å². The number of hydrogen-bond acceptors (Lipinski definition) is 2. The quantitative estimate of drug-likeness (QED) is 0.624. The fraction of sp³-hybridized carbons (Fsp3) is 0.308. The summed E-state index contributed by atoms with van der Waals surface area (Å²) in [5.74, 6) is 0.854. The minimum absolute atomic E-state index is 0.137. The Balaban J connectivity index is 2.47. The molecule has 0 saturated carbocycles. The van der Waals surface area contributed by atoms with Crippen LogP contribution in [0.5, 0.6) is 0 Å². The second-order valence-corrected chi connectivity index (χ2v) is 3.97. The minimum Gasteiger partial charge on any atom is -0.461 e. The first kappa shape index (κ1) is 8.72. The van der Waals surface area contributed by atoms with Gasteiger partial charge in [-0.05, 0) is 25.3 Å². The third-order valence-corrected chi connectivity index (χ3v) is 2.96. The first-order valence-corrected chi connectivity index (χ1v) is 5.39. The van der Waals surface area contributed by atoms with E-state index in [0.717, 1.165) is 47.6 Å². The van der Waals surface area contributed by atoms with Gasteiger partial charge in [0.15, 0.2) is 5.43 Å². The second-order valence-electron chi connectivity index (χ2n) is 3.97. The molecule has 0 unspecified atom stereocenters. The minimum atomic E-state index is 0.137. The van der Waals surface area contributed by atoms with Crippen molar-refractivity contribution >= 4 is 18.2 Å². The molecular formula is C13H12O2. The van der Waals surface area contributed by atoms with Crippen LogP contribution in [0, 0.1) is 0 Å². The maximum atomic E-state index is 12.1. The average molecular weight is 200 g/mol. The first-order valence-electron chi connectivity index (χ1n) is 5.39. The van der Waals surface area contributed by atoms with E-state index in [1.807, 2.05) is 24.3 Å². The molecule has 1 aromatic heterocycles. The number of aryl methyl sites for hydroxylation is 1. The van der Waals surface area contributed by atoms with Gasteiger partial charge in [-0.3, -0.25) is 4.79 Å². The van der Waals surface area contributed by atoms with E-state index in [4.69, 9.17) is 4.42 Å². The third-order valence-electron chi connectivity index (χ3n) is 2.96. The van der Waals surface area contributed by atoms with Gasteiger partial charge < -0.3 is 4.42 Å². The van der Waals surface area contributed by atoms with Crippen molar-refractivity contribution in [3.63, 3.8) is 0 Å². The summed E-state index contributed by atoms with van der Waals surface area (Å²) in [5.41, 5.74) is 1.67. The van der Waals surface area contributed by atoms with Crippen LogP contribution in [0.1, 0.15) is 30.6 Å². The molecule has 0 fully saturated rings.